The quantitative estimate of drug-likeness (QED) is 0.434. The Morgan fingerprint density at radius 3 is 2.84 bits per heavy atom. The molecule has 0 bridgehead atoms. The number of aliphatic hydroxyl groups is 1. The van der Waals surface area contributed by atoms with Crippen LogP contribution in [0.3, 0.4) is 0 Å². The molecule has 1 aromatic heterocycles. The van der Waals surface area contributed by atoms with Crippen molar-refractivity contribution in [2.75, 3.05) is 26.2 Å². The van der Waals surface area contributed by atoms with Gasteiger partial charge in [0.05, 0.1) is 14.2 Å². The van der Waals surface area contributed by atoms with Gasteiger partial charge < -0.3 is 33.5 Å². The minimum Gasteiger partial charge on any atom is -0.493 e. The third-order valence-corrected chi connectivity index (χ3v) is 5.85. The maximum atomic E-state index is 13.1. The molecular formula is C21H20N2O8. The van der Waals surface area contributed by atoms with Crippen LogP contribution in [0.15, 0.2) is 44.7 Å². The van der Waals surface area contributed by atoms with E-state index in [2.05, 4.69) is 5.16 Å². The number of hydrogen-bond donors (Lipinski definition) is 1. The third-order valence-electron chi connectivity index (χ3n) is 5.85. The van der Waals surface area contributed by atoms with Crippen molar-refractivity contribution < 1.29 is 33.4 Å². The van der Waals surface area contributed by atoms with E-state index in [1.54, 1.807) is 18.2 Å². The lowest BCUT2D eigenvalue weighted by Crippen LogP contribution is -2.55. The van der Waals surface area contributed by atoms with Gasteiger partial charge in [0.15, 0.2) is 17.4 Å². The summed E-state index contributed by atoms with van der Waals surface area (Å²) in [6.45, 7) is 0. The molecule has 0 saturated carbocycles. The lowest BCUT2D eigenvalue weighted by molar-refractivity contribution is -0.120. The molecule has 1 aliphatic carbocycles. The Morgan fingerprint density at radius 1 is 1.29 bits per heavy atom. The molecule has 4 atom stereocenters. The maximum Gasteiger partial charge on any atom is 0.360 e. The fraction of sp³-hybridized carbons (Fsp3) is 0.381. The molecule has 1 aromatic carbocycles. The number of oxime groups is 1. The van der Waals surface area contributed by atoms with Crippen LogP contribution in [-0.2, 0) is 14.4 Å². The van der Waals surface area contributed by atoms with Crippen LogP contribution in [0.5, 0.6) is 11.5 Å². The molecule has 2 aliphatic heterocycles. The number of amides is 1. The second kappa shape index (κ2) is 6.82. The number of epoxide rings is 1. The number of fused-ring (bicyclic) bond motifs is 4. The first-order valence-electron chi connectivity index (χ1n) is 9.63. The molecule has 0 unspecified atom stereocenters. The van der Waals surface area contributed by atoms with Crippen molar-refractivity contribution in [2.24, 2.45) is 5.16 Å². The molecule has 1 saturated heterocycles. The highest BCUT2D eigenvalue weighted by atomic mass is 16.7. The first-order valence-corrected chi connectivity index (χ1v) is 9.63. The molecule has 0 radical (unpaired) electrons. The molecule has 1 amide bonds. The van der Waals surface area contributed by atoms with Crippen LogP contribution >= 0.6 is 0 Å². The van der Waals surface area contributed by atoms with Gasteiger partial charge in [-0.25, -0.2) is 4.79 Å². The number of ether oxygens (including phenoxy) is 3. The fourth-order valence-electron chi connectivity index (χ4n) is 4.10. The Bertz CT molecular complexity index is 1200. The molecular weight excluding hydrogens is 408 g/mol. The molecule has 162 valence electrons. The largest absolute Gasteiger partial charge is 0.493 e. The summed E-state index contributed by atoms with van der Waals surface area (Å²) in [5.74, 6) is 0.0972. The van der Waals surface area contributed by atoms with Crippen molar-refractivity contribution in [1.82, 2.24) is 0 Å². The number of methoxy groups -OCH3 is 2. The first-order chi connectivity index (χ1) is 14.9. The maximum absolute atomic E-state index is 13.1. The number of carbonyl (C=O) groups is 1. The molecule has 0 spiro atoms. The van der Waals surface area contributed by atoms with Crippen molar-refractivity contribution >= 4 is 28.3 Å². The predicted molar refractivity (Wildman–Crippen MR) is 109 cm³/mol. The Labute approximate surface area is 176 Å². The van der Waals surface area contributed by atoms with Crippen LogP contribution in [0.1, 0.15) is 6.42 Å². The van der Waals surface area contributed by atoms with Crippen LogP contribution < -0.4 is 20.0 Å². The molecule has 10 nitrogen and oxygen atoms in total. The van der Waals surface area contributed by atoms with Crippen LogP contribution in [0.4, 0.5) is 5.69 Å². The molecule has 1 fully saturated rings. The summed E-state index contributed by atoms with van der Waals surface area (Å²) >= 11 is 0. The van der Waals surface area contributed by atoms with E-state index in [-0.39, 0.29) is 35.3 Å². The SMILES string of the molecule is COc1ccc2cc(N(C)C(=O)C3=NO[C@H]4C=C[C@@H]5O[C@@H]5[C@@]4(O)C3)c(=O)oc2c1OC. The van der Waals surface area contributed by atoms with E-state index in [1.807, 2.05) is 6.08 Å². The van der Waals surface area contributed by atoms with E-state index in [1.165, 1.54) is 27.3 Å². The Hall–Kier alpha value is -3.37. The summed E-state index contributed by atoms with van der Waals surface area (Å²) in [5.41, 5.74) is -1.93. The van der Waals surface area contributed by atoms with Crippen LogP contribution in [0.2, 0.25) is 0 Å². The molecule has 2 aromatic rings. The number of anilines is 1. The van der Waals surface area contributed by atoms with Gasteiger partial charge in [0.1, 0.15) is 29.2 Å². The van der Waals surface area contributed by atoms with Crippen LogP contribution in [0.25, 0.3) is 11.0 Å². The fourth-order valence-corrected chi connectivity index (χ4v) is 4.10. The zero-order valence-corrected chi connectivity index (χ0v) is 17.0. The molecule has 3 heterocycles. The van der Waals surface area contributed by atoms with Gasteiger partial charge in [0.2, 0.25) is 5.75 Å². The minimum atomic E-state index is -1.38. The van der Waals surface area contributed by atoms with Gasteiger partial charge in [-0.1, -0.05) is 11.2 Å². The Balaban J connectivity index is 1.47. The van der Waals surface area contributed by atoms with E-state index in [0.717, 1.165) is 4.90 Å². The van der Waals surface area contributed by atoms with Crippen molar-refractivity contribution in [3.05, 3.63) is 40.8 Å². The zero-order chi connectivity index (χ0) is 21.9. The van der Waals surface area contributed by atoms with E-state index in [4.69, 9.17) is 23.5 Å². The average molecular weight is 428 g/mol. The van der Waals surface area contributed by atoms with Crippen molar-refractivity contribution in [3.8, 4) is 11.5 Å². The number of nitrogens with zero attached hydrogens (tertiary/aromatic N) is 2. The van der Waals surface area contributed by atoms with Crippen LogP contribution in [0, 0.1) is 0 Å². The lowest BCUT2D eigenvalue weighted by Gasteiger charge is -2.36. The Kier molecular flexibility index (Phi) is 4.31. The van der Waals surface area contributed by atoms with Gasteiger partial charge in [-0.05, 0) is 24.3 Å². The first kappa shape index (κ1) is 19.6. The summed E-state index contributed by atoms with van der Waals surface area (Å²) in [4.78, 5) is 32.2. The number of rotatable bonds is 4. The minimum absolute atomic E-state index is 0.00521. The second-order valence-electron chi connectivity index (χ2n) is 7.64. The molecule has 1 N–H and O–H groups in total. The highest BCUT2D eigenvalue weighted by Gasteiger charge is 2.62. The van der Waals surface area contributed by atoms with Crippen molar-refractivity contribution in [2.45, 2.75) is 30.3 Å². The van der Waals surface area contributed by atoms with Crippen LogP contribution in [-0.4, -0.2) is 61.9 Å². The van der Waals surface area contributed by atoms with Crippen molar-refractivity contribution in [1.29, 1.82) is 0 Å². The summed E-state index contributed by atoms with van der Waals surface area (Å²) in [7, 11) is 4.34. The topological polar surface area (TPSA) is 123 Å². The number of benzene rings is 1. The lowest BCUT2D eigenvalue weighted by atomic mass is 9.81. The zero-order valence-electron chi connectivity index (χ0n) is 17.0. The van der Waals surface area contributed by atoms with Gasteiger partial charge in [0.25, 0.3) is 5.91 Å². The van der Waals surface area contributed by atoms with Gasteiger partial charge in [-0.3, -0.25) is 4.79 Å². The van der Waals surface area contributed by atoms with Gasteiger partial charge in [0, 0.05) is 18.9 Å². The standard InChI is InChI=1S/C21H20N2O8/c1-23(12-8-10-4-5-13(27-2)17(28-3)16(10)30-20(12)25)19(24)11-9-21(26)15(31-22-11)7-6-14-18(21)29-14/h4-8,14-15,18,26H,9H2,1-3H3/t14-,15-,18-,21+/m0/s1. The number of hydrogen-bond acceptors (Lipinski definition) is 9. The smallest absolute Gasteiger partial charge is 0.360 e. The molecule has 10 heteroatoms. The van der Waals surface area contributed by atoms with E-state index in [9.17, 15) is 14.7 Å². The van der Waals surface area contributed by atoms with Crippen molar-refractivity contribution in [3.63, 3.8) is 0 Å². The monoisotopic (exact) mass is 428 g/mol. The van der Waals surface area contributed by atoms with E-state index >= 15 is 0 Å². The van der Waals surface area contributed by atoms with Gasteiger partial charge >= 0.3 is 5.63 Å². The van der Waals surface area contributed by atoms with Gasteiger partial charge in [-0.2, -0.15) is 0 Å². The van der Waals surface area contributed by atoms with Gasteiger partial charge in [-0.15, -0.1) is 0 Å². The summed E-state index contributed by atoms with van der Waals surface area (Å²) in [6.07, 6.45) is 2.11. The molecule has 31 heavy (non-hydrogen) atoms. The Morgan fingerprint density at radius 2 is 2.10 bits per heavy atom. The summed E-state index contributed by atoms with van der Waals surface area (Å²) in [6, 6.07) is 4.88. The number of carbonyl (C=O) groups excluding carboxylic acids is 1. The van der Waals surface area contributed by atoms with E-state index < -0.39 is 29.3 Å². The molecule has 3 aliphatic rings. The van der Waals surface area contributed by atoms with E-state index in [0.29, 0.717) is 11.1 Å². The summed E-state index contributed by atoms with van der Waals surface area (Å²) < 4.78 is 21.4. The summed E-state index contributed by atoms with van der Waals surface area (Å²) in [5, 5.41) is 15.4. The normalized spacial score (nSPS) is 28.1. The highest BCUT2D eigenvalue weighted by molar-refractivity contribution is 6.43. The average Bonchev–Trinajstić information content (AvgIpc) is 3.57. The highest BCUT2D eigenvalue weighted by Crippen LogP contribution is 2.44. The second-order valence-corrected chi connectivity index (χ2v) is 7.64. The molecule has 5 rings (SSSR count). The predicted octanol–water partition coefficient (Wildman–Crippen LogP) is 0.986. The third kappa shape index (κ3) is 2.90.